The molecule has 0 aromatic heterocycles. The number of epoxide rings is 1. The van der Waals surface area contributed by atoms with E-state index in [-0.39, 0.29) is 13.0 Å². The molecule has 0 amide bonds. The van der Waals surface area contributed by atoms with Crippen LogP contribution in [0.5, 0.6) is 0 Å². The molecule has 1 fully saturated rings. The Kier molecular flexibility index (Phi) is 3.71. The molecule has 0 radical (unpaired) electrons. The van der Waals surface area contributed by atoms with Gasteiger partial charge in [-0.1, -0.05) is 6.58 Å². The summed E-state index contributed by atoms with van der Waals surface area (Å²) in [5, 5.41) is 0. The Balaban J connectivity index is 2.52. The number of carbonyl (C=O) groups excluding carboxylic acids is 1. The monoisotopic (exact) mass is 274 g/mol. The van der Waals surface area contributed by atoms with Crippen molar-refractivity contribution in [2.75, 3.05) is 6.61 Å². The highest BCUT2D eigenvalue weighted by Gasteiger charge is 2.78. The Labute approximate surface area is 99.5 Å². The first-order valence-electron chi connectivity index (χ1n) is 4.98. The molecule has 1 aliphatic rings. The quantitative estimate of drug-likeness (QED) is 0.334. The van der Waals surface area contributed by atoms with Gasteiger partial charge in [-0.3, -0.25) is 0 Å². The van der Waals surface area contributed by atoms with E-state index in [1.54, 1.807) is 0 Å². The van der Waals surface area contributed by atoms with E-state index in [9.17, 15) is 26.7 Å². The molecule has 2 unspecified atom stereocenters. The van der Waals surface area contributed by atoms with Crippen LogP contribution in [0.1, 0.15) is 13.3 Å². The van der Waals surface area contributed by atoms with Crippen molar-refractivity contribution in [2.24, 2.45) is 0 Å². The third kappa shape index (κ3) is 2.47. The van der Waals surface area contributed by atoms with Gasteiger partial charge in [0.1, 0.15) is 0 Å². The molecule has 18 heavy (non-hydrogen) atoms. The zero-order chi connectivity index (χ0) is 14.2. The molecular weight excluding hydrogens is 263 g/mol. The summed E-state index contributed by atoms with van der Waals surface area (Å²) in [6.07, 6.45) is -6.35. The molecule has 0 aromatic carbocycles. The van der Waals surface area contributed by atoms with Crippen molar-refractivity contribution in [3.05, 3.63) is 12.7 Å². The summed E-state index contributed by atoms with van der Waals surface area (Å²) in [6.45, 7) is 3.47. The van der Waals surface area contributed by atoms with E-state index in [4.69, 9.17) is 0 Å². The van der Waals surface area contributed by atoms with E-state index in [1.165, 1.54) is 0 Å². The average Bonchev–Trinajstić information content (AvgIpc) is 2.89. The van der Waals surface area contributed by atoms with Gasteiger partial charge in [-0.05, 0) is 6.92 Å². The molecule has 0 N–H and O–H groups in total. The van der Waals surface area contributed by atoms with Crippen LogP contribution in [-0.4, -0.2) is 36.4 Å². The minimum Gasteiger partial charge on any atom is -0.462 e. The minimum atomic E-state index is -5.67. The fourth-order valence-electron chi connectivity index (χ4n) is 1.48. The van der Waals surface area contributed by atoms with Crippen molar-refractivity contribution in [3.8, 4) is 0 Å². The highest BCUT2D eigenvalue weighted by Crippen LogP contribution is 2.56. The average molecular weight is 274 g/mol. The van der Waals surface area contributed by atoms with Gasteiger partial charge in [0.2, 0.25) is 0 Å². The number of carbonyl (C=O) groups is 1. The molecule has 2 atom stereocenters. The van der Waals surface area contributed by atoms with Crippen molar-refractivity contribution in [1.82, 2.24) is 0 Å². The highest BCUT2D eigenvalue weighted by atomic mass is 19.4. The Morgan fingerprint density at radius 2 is 2.00 bits per heavy atom. The maximum Gasteiger partial charge on any atom is 0.456 e. The fourth-order valence-corrected chi connectivity index (χ4v) is 1.48. The van der Waals surface area contributed by atoms with E-state index >= 15 is 0 Å². The van der Waals surface area contributed by atoms with E-state index in [0.717, 1.165) is 6.08 Å². The lowest BCUT2D eigenvalue weighted by Crippen LogP contribution is -2.49. The van der Waals surface area contributed by atoms with Crippen LogP contribution >= 0.6 is 0 Å². The van der Waals surface area contributed by atoms with E-state index in [1.807, 2.05) is 0 Å². The number of ether oxygens (including phenoxy) is 2. The number of rotatable bonds is 5. The second kappa shape index (κ2) is 4.49. The van der Waals surface area contributed by atoms with Crippen LogP contribution in [0, 0.1) is 0 Å². The second-order valence-corrected chi connectivity index (χ2v) is 3.95. The van der Waals surface area contributed by atoms with Crippen LogP contribution in [0.3, 0.4) is 0 Å². The second-order valence-electron chi connectivity index (χ2n) is 3.95. The number of hydrogen-bond donors (Lipinski definition) is 0. The smallest absolute Gasteiger partial charge is 0.456 e. The molecule has 1 saturated heterocycles. The van der Waals surface area contributed by atoms with Gasteiger partial charge in [0, 0.05) is 12.5 Å². The molecule has 8 heteroatoms. The van der Waals surface area contributed by atoms with Crippen molar-refractivity contribution in [3.63, 3.8) is 0 Å². The third-order valence-electron chi connectivity index (χ3n) is 2.71. The van der Waals surface area contributed by atoms with Crippen LogP contribution in [0.2, 0.25) is 0 Å². The maximum absolute atomic E-state index is 13.0. The standard InChI is InChI=1S/C10H11F5O3/c1-3-7(16)17-5-4-6-8(2,18-6)9(11,12)10(13,14)15/h3,6H,1,4-5H2,2H3. The molecule has 3 nitrogen and oxygen atoms in total. The van der Waals surface area contributed by atoms with E-state index < -0.39 is 29.8 Å². The largest absolute Gasteiger partial charge is 0.462 e. The van der Waals surface area contributed by atoms with Gasteiger partial charge in [0.15, 0.2) is 5.60 Å². The molecule has 104 valence electrons. The highest BCUT2D eigenvalue weighted by molar-refractivity contribution is 5.81. The molecule has 0 spiro atoms. The Bertz CT molecular complexity index is 352. The number of alkyl halides is 5. The van der Waals surface area contributed by atoms with Gasteiger partial charge in [-0.15, -0.1) is 0 Å². The lowest BCUT2D eigenvalue weighted by molar-refractivity contribution is -0.303. The predicted octanol–water partition coefficient (Wildman–Crippen LogP) is 2.46. The van der Waals surface area contributed by atoms with E-state index in [0.29, 0.717) is 6.92 Å². The van der Waals surface area contributed by atoms with Crippen molar-refractivity contribution in [2.45, 2.75) is 37.1 Å². The van der Waals surface area contributed by atoms with Crippen molar-refractivity contribution < 1.29 is 36.2 Å². The lowest BCUT2D eigenvalue weighted by Gasteiger charge is -2.23. The first-order valence-corrected chi connectivity index (χ1v) is 4.98. The van der Waals surface area contributed by atoms with Gasteiger partial charge in [-0.2, -0.15) is 22.0 Å². The molecule has 0 saturated carbocycles. The zero-order valence-electron chi connectivity index (χ0n) is 9.39. The lowest BCUT2D eigenvalue weighted by atomic mass is 9.97. The molecule has 1 rings (SSSR count). The fraction of sp³-hybridized carbons (Fsp3) is 0.700. The molecule has 1 heterocycles. The number of hydrogen-bond acceptors (Lipinski definition) is 3. The summed E-state index contributed by atoms with van der Waals surface area (Å²) in [6, 6.07) is 0. The normalized spacial score (nSPS) is 27.8. The topological polar surface area (TPSA) is 38.8 Å². The molecule has 1 aliphatic heterocycles. The Morgan fingerprint density at radius 1 is 1.44 bits per heavy atom. The van der Waals surface area contributed by atoms with Crippen LogP contribution in [0.4, 0.5) is 22.0 Å². The summed E-state index contributed by atoms with van der Waals surface area (Å²) < 4.78 is 71.3. The van der Waals surface area contributed by atoms with Crippen molar-refractivity contribution >= 4 is 5.97 Å². The van der Waals surface area contributed by atoms with Crippen LogP contribution in [0.25, 0.3) is 0 Å². The number of esters is 1. The van der Waals surface area contributed by atoms with Crippen LogP contribution < -0.4 is 0 Å². The van der Waals surface area contributed by atoms with E-state index in [2.05, 4.69) is 16.1 Å². The molecule has 0 aromatic rings. The SMILES string of the molecule is C=CC(=O)OCCC1OC1(C)C(F)(F)C(F)(F)F. The predicted molar refractivity (Wildman–Crippen MR) is 50.1 cm³/mol. The summed E-state index contributed by atoms with van der Waals surface area (Å²) in [4.78, 5) is 10.6. The van der Waals surface area contributed by atoms with Crippen molar-refractivity contribution in [1.29, 1.82) is 0 Å². The summed E-state index contributed by atoms with van der Waals surface area (Å²) >= 11 is 0. The van der Waals surface area contributed by atoms with Crippen LogP contribution in [-0.2, 0) is 14.3 Å². The Hall–Kier alpha value is -1.18. The van der Waals surface area contributed by atoms with Gasteiger partial charge < -0.3 is 9.47 Å². The van der Waals surface area contributed by atoms with Crippen LogP contribution in [0.15, 0.2) is 12.7 Å². The third-order valence-corrected chi connectivity index (χ3v) is 2.71. The Morgan fingerprint density at radius 3 is 2.44 bits per heavy atom. The minimum absolute atomic E-state index is 0.234. The molecular formula is C10H11F5O3. The molecule has 0 bridgehead atoms. The maximum atomic E-state index is 13.0. The summed E-state index contributed by atoms with van der Waals surface area (Å²) in [7, 11) is 0. The van der Waals surface area contributed by atoms with Gasteiger partial charge in [0.05, 0.1) is 12.7 Å². The summed E-state index contributed by atoms with van der Waals surface area (Å²) in [5.74, 6) is -5.72. The first kappa shape index (κ1) is 14.9. The summed E-state index contributed by atoms with van der Waals surface area (Å²) in [5.41, 5.74) is -2.59. The van der Waals surface area contributed by atoms with Gasteiger partial charge >= 0.3 is 18.1 Å². The number of halogens is 5. The van der Waals surface area contributed by atoms with Gasteiger partial charge in [0.25, 0.3) is 0 Å². The van der Waals surface area contributed by atoms with Gasteiger partial charge in [-0.25, -0.2) is 4.79 Å². The molecule has 0 aliphatic carbocycles. The zero-order valence-corrected chi connectivity index (χ0v) is 9.39. The first-order chi connectivity index (χ1) is 8.06.